The predicted octanol–water partition coefficient (Wildman–Crippen LogP) is 4.28. The monoisotopic (exact) mass is 337 g/mol. The molecule has 1 saturated heterocycles. The number of hydrogen-bond acceptors (Lipinski definition) is 2. The summed E-state index contributed by atoms with van der Waals surface area (Å²) in [5, 5.41) is 9.73. The first-order valence-electron chi connectivity index (χ1n) is 8.94. The first kappa shape index (κ1) is 17.7. The Morgan fingerprint density at radius 2 is 1.80 bits per heavy atom. The molecule has 3 nitrogen and oxygen atoms in total. The Morgan fingerprint density at radius 1 is 1.08 bits per heavy atom. The zero-order chi connectivity index (χ0) is 18.0. The van der Waals surface area contributed by atoms with E-state index in [2.05, 4.69) is 62.1 Å². The van der Waals surface area contributed by atoms with E-state index in [4.69, 9.17) is 0 Å². The summed E-state index contributed by atoms with van der Waals surface area (Å²) in [5.41, 5.74) is 3.71. The molecular weight excluding hydrogens is 310 g/mol. The lowest BCUT2D eigenvalue weighted by Crippen LogP contribution is -2.23. The Hall–Kier alpha value is -2.13. The van der Waals surface area contributed by atoms with E-state index in [0.717, 1.165) is 18.7 Å². The van der Waals surface area contributed by atoms with Gasteiger partial charge in [-0.2, -0.15) is 0 Å². The van der Waals surface area contributed by atoms with Gasteiger partial charge >= 0.3 is 5.97 Å². The van der Waals surface area contributed by atoms with Crippen LogP contribution in [-0.2, 0) is 16.8 Å². The van der Waals surface area contributed by atoms with Gasteiger partial charge in [0.05, 0.1) is 5.92 Å². The molecule has 2 atom stereocenters. The summed E-state index contributed by atoms with van der Waals surface area (Å²) in [6, 6.07) is 18.8. The third-order valence-corrected chi connectivity index (χ3v) is 5.14. The number of carbonyl (C=O) groups is 1. The molecule has 0 aliphatic carbocycles. The molecule has 3 rings (SSSR count). The number of rotatable bonds is 4. The van der Waals surface area contributed by atoms with Crippen molar-refractivity contribution in [2.24, 2.45) is 5.92 Å². The standard InChI is InChI=1S/C22H27NO2/c1-22(2,3)18-11-7-10-17(12-18)19-14-23(15-20(19)21(24)25)13-16-8-5-4-6-9-16/h4-12,19-20H,13-15H2,1-3H3,(H,24,25)/t19-,20+/m1/s1. The highest BCUT2D eigenvalue weighted by molar-refractivity contribution is 5.72. The van der Waals surface area contributed by atoms with Crippen molar-refractivity contribution in [3.8, 4) is 0 Å². The van der Waals surface area contributed by atoms with Gasteiger partial charge in [0, 0.05) is 25.6 Å². The van der Waals surface area contributed by atoms with Gasteiger partial charge < -0.3 is 5.11 Å². The number of hydrogen-bond donors (Lipinski definition) is 1. The molecule has 2 aromatic rings. The Bertz CT molecular complexity index is 733. The molecule has 132 valence electrons. The average Bonchev–Trinajstić information content (AvgIpc) is 2.99. The Labute approximate surface area is 150 Å². The molecule has 0 unspecified atom stereocenters. The number of nitrogens with zero attached hydrogens (tertiary/aromatic N) is 1. The molecule has 0 radical (unpaired) electrons. The van der Waals surface area contributed by atoms with Crippen LogP contribution in [-0.4, -0.2) is 29.1 Å². The van der Waals surface area contributed by atoms with Crippen LogP contribution in [0.5, 0.6) is 0 Å². The number of carboxylic acid groups (broad SMARTS) is 1. The van der Waals surface area contributed by atoms with Crippen molar-refractivity contribution >= 4 is 5.97 Å². The molecule has 0 aromatic heterocycles. The summed E-state index contributed by atoms with van der Waals surface area (Å²) in [6.45, 7) is 8.78. The minimum absolute atomic E-state index is 0.0449. The van der Waals surface area contributed by atoms with E-state index in [9.17, 15) is 9.90 Å². The lowest BCUT2D eigenvalue weighted by atomic mass is 9.82. The highest BCUT2D eigenvalue weighted by Crippen LogP contribution is 2.35. The van der Waals surface area contributed by atoms with Crippen molar-refractivity contribution < 1.29 is 9.90 Å². The van der Waals surface area contributed by atoms with Gasteiger partial charge in [0.25, 0.3) is 0 Å². The van der Waals surface area contributed by atoms with Crippen molar-refractivity contribution in [1.82, 2.24) is 4.90 Å². The van der Waals surface area contributed by atoms with Crippen LogP contribution in [0.4, 0.5) is 0 Å². The topological polar surface area (TPSA) is 40.5 Å². The second-order valence-corrected chi connectivity index (χ2v) is 8.11. The zero-order valence-corrected chi connectivity index (χ0v) is 15.3. The van der Waals surface area contributed by atoms with Gasteiger partial charge in [0.15, 0.2) is 0 Å². The van der Waals surface area contributed by atoms with E-state index < -0.39 is 5.97 Å². The van der Waals surface area contributed by atoms with Gasteiger partial charge in [-0.25, -0.2) is 0 Å². The summed E-state index contributed by atoms with van der Waals surface area (Å²) in [5.74, 6) is -0.996. The molecule has 2 aromatic carbocycles. The molecular formula is C22H27NO2. The molecule has 1 aliphatic heterocycles. The van der Waals surface area contributed by atoms with Gasteiger partial charge in [-0.15, -0.1) is 0 Å². The molecule has 1 aliphatic rings. The van der Waals surface area contributed by atoms with E-state index in [1.807, 2.05) is 18.2 Å². The van der Waals surface area contributed by atoms with Crippen molar-refractivity contribution in [2.45, 2.75) is 38.6 Å². The van der Waals surface area contributed by atoms with Gasteiger partial charge in [0.1, 0.15) is 0 Å². The number of aliphatic carboxylic acids is 1. The maximum absolute atomic E-state index is 11.8. The molecule has 3 heteroatoms. The van der Waals surface area contributed by atoms with E-state index in [-0.39, 0.29) is 17.3 Å². The summed E-state index contributed by atoms with van der Waals surface area (Å²) in [7, 11) is 0. The average molecular weight is 337 g/mol. The number of benzene rings is 2. The number of likely N-dealkylation sites (tertiary alicyclic amines) is 1. The Kier molecular flexibility index (Phi) is 4.96. The van der Waals surface area contributed by atoms with Crippen molar-refractivity contribution in [3.05, 3.63) is 71.3 Å². The van der Waals surface area contributed by atoms with Crippen LogP contribution < -0.4 is 0 Å². The summed E-state index contributed by atoms with van der Waals surface area (Å²) in [4.78, 5) is 14.1. The van der Waals surface area contributed by atoms with E-state index in [1.54, 1.807) is 0 Å². The van der Waals surface area contributed by atoms with Gasteiger partial charge in [-0.1, -0.05) is 75.4 Å². The van der Waals surface area contributed by atoms with Crippen molar-refractivity contribution in [1.29, 1.82) is 0 Å². The van der Waals surface area contributed by atoms with Gasteiger partial charge in [0.2, 0.25) is 0 Å². The molecule has 1 heterocycles. The first-order chi connectivity index (χ1) is 11.8. The maximum Gasteiger partial charge on any atom is 0.308 e. The molecule has 0 bridgehead atoms. The van der Waals surface area contributed by atoms with Crippen LogP contribution in [0, 0.1) is 5.92 Å². The Balaban J connectivity index is 1.83. The largest absolute Gasteiger partial charge is 0.481 e. The molecule has 25 heavy (non-hydrogen) atoms. The van der Waals surface area contributed by atoms with Crippen LogP contribution in [0.3, 0.4) is 0 Å². The van der Waals surface area contributed by atoms with Gasteiger partial charge in [-0.3, -0.25) is 9.69 Å². The van der Waals surface area contributed by atoms with E-state index in [1.165, 1.54) is 11.1 Å². The van der Waals surface area contributed by atoms with Crippen LogP contribution >= 0.6 is 0 Å². The number of carboxylic acids is 1. The molecule has 0 spiro atoms. The van der Waals surface area contributed by atoms with Crippen LogP contribution in [0.15, 0.2) is 54.6 Å². The fraction of sp³-hybridized carbons (Fsp3) is 0.409. The highest BCUT2D eigenvalue weighted by Gasteiger charge is 2.38. The van der Waals surface area contributed by atoms with Crippen LogP contribution in [0.2, 0.25) is 0 Å². The normalized spacial score (nSPS) is 21.4. The first-order valence-corrected chi connectivity index (χ1v) is 8.94. The fourth-order valence-electron chi connectivity index (χ4n) is 3.68. The minimum atomic E-state index is -0.693. The smallest absolute Gasteiger partial charge is 0.308 e. The van der Waals surface area contributed by atoms with E-state index >= 15 is 0 Å². The maximum atomic E-state index is 11.8. The second kappa shape index (κ2) is 7.01. The highest BCUT2D eigenvalue weighted by atomic mass is 16.4. The molecule has 1 N–H and O–H groups in total. The van der Waals surface area contributed by atoms with Crippen molar-refractivity contribution in [2.75, 3.05) is 13.1 Å². The molecule has 0 amide bonds. The van der Waals surface area contributed by atoms with E-state index in [0.29, 0.717) is 6.54 Å². The predicted molar refractivity (Wildman–Crippen MR) is 101 cm³/mol. The lowest BCUT2D eigenvalue weighted by molar-refractivity contribution is -0.141. The second-order valence-electron chi connectivity index (χ2n) is 8.11. The SMILES string of the molecule is CC(C)(C)c1cccc([C@H]2CN(Cc3ccccc3)C[C@@H]2C(=O)O)c1. The lowest BCUT2D eigenvalue weighted by Gasteiger charge is -2.22. The van der Waals surface area contributed by atoms with Crippen LogP contribution in [0.25, 0.3) is 0 Å². The molecule has 0 saturated carbocycles. The third-order valence-electron chi connectivity index (χ3n) is 5.14. The summed E-state index contributed by atoms with van der Waals surface area (Å²) >= 11 is 0. The van der Waals surface area contributed by atoms with Crippen LogP contribution in [0.1, 0.15) is 43.4 Å². The third kappa shape index (κ3) is 4.10. The zero-order valence-electron chi connectivity index (χ0n) is 15.3. The quantitative estimate of drug-likeness (QED) is 0.905. The minimum Gasteiger partial charge on any atom is -0.481 e. The summed E-state index contributed by atoms with van der Waals surface area (Å²) in [6.07, 6.45) is 0. The van der Waals surface area contributed by atoms with Gasteiger partial charge in [-0.05, 0) is 22.1 Å². The summed E-state index contributed by atoms with van der Waals surface area (Å²) < 4.78 is 0. The Morgan fingerprint density at radius 3 is 2.44 bits per heavy atom. The fourth-order valence-corrected chi connectivity index (χ4v) is 3.68. The molecule has 1 fully saturated rings. The van der Waals surface area contributed by atoms with Crippen molar-refractivity contribution in [3.63, 3.8) is 0 Å².